The molecule has 0 nitrogen and oxygen atoms in total. The highest BCUT2D eigenvalue weighted by atomic mass is 14.6. The number of allylic oxidation sites excluding steroid dienone is 2. The van der Waals surface area contributed by atoms with Gasteiger partial charge in [0.1, 0.15) is 0 Å². The standard InChI is InChI=1S/C31H54/c1-21(2)10-9-11-22(3)26-14-15-27-25-13-12-24-20-23(29(4,5)6)16-18-30(24,7)28(25)17-19-31(26,27)8/h12,21-23,25-28H,9-11,13-20H2,1-8H3/t22-,23+,25+,26-,27+,28+,30+,31-/m1/s1. The van der Waals surface area contributed by atoms with Gasteiger partial charge in [0.05, 0.1) is 0 Å². The molecule has 0 radical (unpaired) electrons. The van der Waals surface area contributed by atoms with Crippen LogP contribution in [0.5, 0.6) is 0 Å². The third kappa shape index (κ3) is 4.21. The van der Waals surface area contributed by atoms with E-state index in [4.69, 9.17) is 0 Å². The second-order valence-corrected chi connectivity index (χ2v) is 14.6. The van der Waals surface area contributed by atoms with Crippen LogP contribution in [0, 0.1) is 57.7 Å². The molecule has 178 valence electrons. The van der Waals surface area contributed by atoms with E-state index in [0.717, 1.165) is 41.4 Å². The fraction of sp³-hybridized carbons (Fsp3) is 0.935. The first-order chi connectivity index (χ1) is 14.5. The van der Waals surface area contributed by atoms with E-state index in [1.807, 2.05) is 5.57 Å². The molecule has 31 heavy (non-hydrogen) atoms. The van der Waals surface area contributed by atoms with Gasteiger partial charge in [0.2, 0.25) is 0 Å². The molecule has 0 aromatic carbocycles. The monoisotopic (exact) mass is 426 g/mol. The van der Waals surface area contributed by atoms with Crippen molar-refractivity contribution in [2.45, 2.75) is 126 Å². The summed E-state index contributed by atoms with van der Waals surface area (Å²) in [7, 11) is 0. The Bertz CT molecular complexity index is 662. The number of fused-ring (bicyclic) bond motifs is 5. The third-order valence-corrected chi connectivity index (χ3v) is 11.5. The van der Waals surface area contributed by atoms with Crippen LogP contribution in [0.1, 0.15) is 126 Å². The first-order valence-corrected chi connectivity index (χ1v) is 14.2. The molecule has 3 fully saturated rings. The molecule has 0 aliphatic heterocycles. The van der Waals surface area contributed by atoms with Gasteiger partial charge in [-0.2, -0.15) is 0 Å². The normalized spacial score (nSPS) is 43.8. The van der Waals surface area contributed by atoms with Crippen LogP contribution in [-0.4, -0.2) is 0 Å². The Hall–Kier alpha value is -0.260. The van der Waals surface area contributed by atoms with Crippen LogP contribution >= 0.6 is 0 Å². The Balaban J connectivity index is 1.49. The smallest absolute Gasteiger partial charge is 0.00851 e. The highest BCUT2D eigenvalue weighted by molar-refractivity contribution is 5.25. The summed E-state index contributed by atoms with van der Waals surface area (Å²) in [4.78, 5) is 0. The van der Waals surface area contributed by atoms with Crippen LogP contribution < -0.4 is 0 Å². The second-order valence-electron chi connectivity index (χ2n) is 14.6. The van der Waals surface area contributed by atoms with Crippen LogP contribution in [0.25, 0.3) is 0 Å². The van der Waals surface area contributed by atoms with Gasteiger partial charge in [-0.1, -0.05) is 86.3 Å². The van der Waals surface area contributed by atoms with Crippen LogP contribution in [0.4, 0.5) is 0 Å². The zero-order valence-electron chi connectivity index (χ0n) is 22.4. The molecule has 4 rings (SSSR count). The summed E-state index contributed by atoms with van der Waals surface area (Å²) < 4.78 is 0. The summed E-state index contributed by atoms with van der Waals surface area (Å²) in [6.45, 7) is 20.2. The van der Waals surface area contributed by atoms with E-state index in [0.29, 0.717) is 16.2 Å². The molecule has 0 heteroatoms. The Labute approximate surface area is 195 Å². The van der Waals surface area contributed by atoms with Gasteiger partial charge in [-0.05, 0) is 109 Å². The van der Waals surface area contributed by atoms with Crippen molar-refractivity contribution in [2.75, 3.05) is 0 Å². The molecule has 0 N–H and O–H groups in total. The van der Waals surface area contributed by atoms with Gasteiger partial charge in [0.25, 0.3) is 0 Å². The molecular formula is C31H54. The van der Waals surface area contributed by atoms with E-state index < -0.39 is 0 Å². The molecule has 0 amide bonds. The summed E-state index contributed by atoms with van der Waals surface area (Å²) in [5.41, 5.74) is 3.49. The molecule has 0 heterocycles. The van der Waals surface area contributed by atoms with Crippen LogP contribution in [0.3, 0.4) is 0 Å². The van der Waals surface area contributed by atoms with Gasteiger partial charge in [0, 0.05) is 0 Å². The van der Waals surface area contributed by atoms with Crippen LogP contribution in [0.2, 0.25) is 0 Å². The van der Waals surface area contributed by atoms with Gasteiger partial charge >= 0.3 is 0 Å². The summed E-state index contributed by atoms with van der Waals surface area (Å²) in [6.07, 6.45) is 18.9. The summed E-state index contributed by atoms with van der Waals surface area (Å²) in [5, 5.41) is 0. The average molecular weight is 427 g/mol. The van der Waals surface area contributed by atoms with Crippen molar-refractivity contribution in [3.63, 3.8) is 0 Å². The van der Waals surface area contributed by atoms with Crippen molar-refractivity contribution in [1.29, 1.82) is 0 Å². The predicted octanol–water partition coefficient (Wildman–Crippen LogP) is 9.69. The Kier molecular flexibility index (Phi) is 6.55. The predicted molar refractivity (Wildman–Crippen MR) is 136 cm³/mol. The average Bonchev–Trinajstić information content (AvgIpc) is 3.03. The van der Waals surface area contributed by atoms with Crippen molar-refractivity contribution in [2.24, 2.45) is 57.7 Å². The molecule has 4 aliphatic rings. The maximum absolute atomic E-state index is 2.78. The molecule has 8 atom stereocenters. The molecular weight excluding hydrogens is 372 g/mol. The maximum atomic E-state index is 2.78. The lowest BCUT2D eigenvalue weighted by Crippen LogP contribution is -2.51. The minimum absolute atomic E-state index is 0.467. The minimum atomic E-state index is 0.467. The zero-order valence-corrected chi connectivity index (χ0v) is 22.4. The molecule has 0 saturated heterocycles. The first-order valence-electron chi connectivity index (χ1n) is 14.2. The Morgan fingerprint density at radius 3 is 2.35 bits per heavy atom. The molecule has 0 aromatic heterocycles. The SMILES string of the molecule is CC(C)CCC[C@@H](C)[C@H]1CC[C@H]2[C@@H]3CC=C4C[C@@H](C(C)(C)C)CC[C@]4(C)[C@H]3CC[C@]12C. The quantitative estimate of drug-likeness (QED) is 0.384. The van der Waals surface area contributed by atoms with E-state index >= 15 is 0 Å². The highest BCUT2D eigenvalue weighted by Gasteiger charge is 2.59. The second kappa shape index (κ2) is 8.51. The molecule has 0 spiro atoms. The van der Waals surface area contributed by atoms with Gasteiger partial charge in [-0.15, -0.1) is 0 Å². The maximum Gasteiger partial charge on any atom is -0.00851 e. The Morgan fingerprint density at radius 2 is 1.68 bits per heavy atom. The molecule has 0 bridgehead atoms. The van der Waals surface area contributed by atoms with Crippen molar-refractivity contribution < 1.29 is 0 Å². The summed E-state index contributed by atoms with van der Waals surface area (Å²) >= 11 is 0. The minimum Gasteiger partial charge on any atom is -0.0845 e. The first kappa shape index (κ1) is 23.9. The van der Waals surface area contributed by atoms with Crippen LogP contribution in [0.15, 0.2) is 11.6 Å². The van der Waals surface area contributed by atoms with E-state index in [1.165, 1.54) is 70.6 Å². The topological polar surface area (TPSA) is 0 Å². The van der Waals surface area contributed by atoms with Gasteiger partial charge in [0.15, 0.2) is 0 Å². The molecule has 0 unspecified atom stereocenters. The summed E-state index contributed by atoms with van der Waals surface area (Å²) in [6, 6.07) is 0. The van der Waals surface area contributed by atoms with Crippen molar-refractivity contribution >= 4 is 0 Å². The van der Waals surface area contributed by atoms with Crippen molar-refractivity contribution in [3.8, 4) is 0 Å². The van der Waals surface area contributed by atoms with Crippen molar-refractivity contribution in [3.05, 3.63) is 11.6 Å². The lowest BCUT2D eigenvalue weighted by atomic mass is 9.46. The molecule has 3 saturated carbocycles. The number of hydrogen-bond acceptors (Lipinski definition) is 0. The van der Waals surface area contributed by atoms with E-state index in [1.54, 1.807) is 0 Å². The Morgan fingerprint density at radius 1 is 0.935 bits per heavy atom. The third-order valence-electron chi connectivity index (χ3n) is 11.5. The fourth-order valence-electron chi connectivity index (χ4n) is 9.42. The number of rotatable bonds is 5. The molecule has 0 aromatic rings. The van der Waals surface area contributed by atoms with Gasteiger partial charge < -0.3 is 0 Å². The van der Waals surface area contributed by atoms with E-state index in [-0.39, 0.29) is 0 Å². The number of hydrogen-bond donors (Lipinski definition) is 0. The fourth-order valence-corrected chi connectivity index (χ4v) is 9.42. The lowest BCUT2D eigenvalue weighted by molar-refractivity contribution is -0.0559. The zero-order chi connectivity index (χ0) is 22.6. The van der Waals surface area contributed by atoms with E-state index in [2.05, 4.69) is 61.5 Å². The van der Waals surface area contributed by atoms with Gasteiger partial charge in [-0.25, -0.2) is 0 Å². The van der Waals surface area contributed by atoms with Crippen LogP contribution in [-0.2, 0) is 0 Å². The largest absolute Gasteiger partial charge is 0.0845 e. The molecule has 4 aliphatic carbocycles. The highest BCUT2D eigenvalue weighted by Crippen LogP contribution is 2.68. The van der Waals surface area contributed by atoms with Crippen molar-refractivity contribution in [1.82, 2.24) is 0 Å². The lowest BCUT2D eigenvalue weighted by Gasteiger charge is -2.59. The van der Waals surface area contributed by atoms with E-state index in [9.17, 15) is 0 Å². The summed E-state index contributed by atoms with van der Waals surface area (Å²) in [5.74, 6) is 6.62. The van der Waals surface area contributed by atoms with Gasteiger partial charge in [-0.3, -0.25) is 0 Å².